The second-order valence-electron chi connectivity index (χ2n) is 5.69. The number of benzene rings is 1. The van der Waals surface area contributed by atoms with Gasteiger partial charge < -0.3 is 0 Å². The Hall–Kier alpha value is -1.08. The number of aryl methyl sites for hydroxylation is 2. The average molecular weight is 227 g/mol. The van der Waals surface area contributed by atoms with E-state index in [1.165, 1.54) is 28.7 Å². The molecule has 3 rings (SSSR count). The van der Waals surface area contributed by atoms with Gasteiger partial charge in [-0.15, -0.1) is 0 Å². The Morgan fingerprint density at radius 3 is 2.59 bits per heavy atom. The molecule has 90 valence electrons. The quantitative estimate of drug-likeness (QED) is 0.711. The summed E-state index contributed by atoms with van der Waals surface area (Å²) in [6.45, 7) is 10.9. The lowest BCUT2D eigenvalue weighted by Gasteiger charge is -2.10. The van der Waals surface area contributed by atoms with Crippen molar-refractivity contribution in [1.29, 1.82) is 0 Å². The summed E-state index contributed by atoms with van der Waals surface area (Å²) in [5, 5.41) is 0. The van der Waals surface area contributed by atoms with Gasteiger partial charge in [0.1, 0.15) is 0 Å². The predicted molar refractivity (Wildman–Crippen MR) is 73.1 cm³/mol. The Morgan fingerprint density at radius 1 is 1.29 bits per heavy atom. The number of hydrogen-bond donors (Lipinski definition) is 0. The van der Waals surface area contributed by atoms with Crippen LogP contribution in [0.15, 0.2) is 24.8 Å². The lowest BCUT2D eigenvalue weighted by atomic mass is 9.97. The van der Waals surface area contributed by atoms with Crippen LogP contribution in [-0.2, 0) is 0 Å². The van der Waals surface area contributed by atoms with E-state index in [4.69, 9.17) is 0 Å². The van der Waals surface area contributed by atoms with Gasteiger partial charge in [-0.3, -0.25) is 4.90 Å². The molecule has 0 bridgehead atoms. The molecule has 1 aromatic carbocycles. The SMILES string of the molecule is C=C(CCC1C2C(C)N12)c1ccc(C)c(C)c1. The largest absolute Gasteiger partial charge is 0.288 e. The zero-order valence-electron chi connectivity index (χ0n) is 11.0. The number of nitrogens with zero attached hydrogens (tertiary/aromatic N) is 1. The van der Waals surface area contributed by atoms with Crippen molar-refractivity contribution in [3.63, 3.8) is 0 Å². The molecule has 2 fully saturated rings. The normalized spacial score (nSPS) is 33.1. The van der Waals surface area contributed by atoms with Gasteiger partial charge in [-0.05, 0) is 55.9 Å². The number of rotatable bonds is 4. The predicted octanol–water partition coefficient (Wildman–Crippen LogP) is 3.55. The van der Waals surface area contributed by atoms with Crippen molar-refractivity contribution in [2.24, 2.45) is 0 Å². The summed E-state index contributed by atoms with van der Waals surface area (Å²) in [5.74, 6) is 0. The molecule has 2 heterocycles. The third-order valence-corrected chi connectivity index (χ3v) is 4.56. The summed E-state index contributed by atoms with van der Waals surface area (Å²) < 4.78 is 0. The monoisotopic (exact) mass is 227 g/mol. The van der Waals surface area contributed by atoms with Gasteiger partial charge in [-0.2, -0.15) is 0 Å². The minimum absolute atomic E-state index is 0.883. The highest BCUT2D eigenvalue weighted by Gasteiger charge is 2.67. The van der Waals surface area contributed by atoms with Gasteiger partial charge in [-0.25, -0.2) is 0 Å². The maximum absolute atomic E-state index is 4.24. The summed E-state index contributed by atoms with van der Waals surface area (Å²) in [7, 11) is 0. The standard InChI is InChI=1S/C16H21N/c1-10-5-7-14(9-12(10)3)11(2)6-8-15-16-13(4)17(15)16/h5,7,9,13,15-16H,2,6,8H2,1,3-4H3. The molecule has 0 N–H and O–H groups in total. The smallest absolute Gasteiger partial charge is 0.0412 e. The van der Waals surface area contributed by atoms with Crippen LogP contribution in [0.3, 0.4) is 0 Å². The molecule has 0 radical (unpaired) electrons. The molecule has 0 aliphatic carbocycles. The van der Waals surface area contributed by atoms with Gasteiger partial charge in [0, 0.05) is 18.1 Å². The molecule has 4 atom stereocenters. The van der Waals surface area contributed by atoms with Crippen LogP contribution in [0.25, 0.3) is 5.57 Å². The molecule has 2 saturated heterocycles. The molecule has 0 spiro atoms. The van der Waals surface area contributed by atoms with Crippen molar-refractivity contribution in [1.82, 2.24) is 4.90 Å². The lowest BCUT2D eigenvalue weighted by molar-refractivity contribution is 0.518. The van der Waals surface area contributed by atoms with Crippen molar-refractivity contribution >= 4 is 5.57 Å². The topological polar surface area (TPSA) is 3.01 Å². The van der Waals surface area contributed by atoms with Gasteiger partial charge >= 0.3 is 0 Å². The van der Waals surface area contributed by atoms with Crippen LogP contribution in [-0.4, -0.2) is 23.0 Å². The van der Waals surface area contributed by atoms with Crippen molar-refractivity contribution < 1.29 is 0 Å². The highest BCUT2D eigenvalue weighted by molar-refractivity contribution is 5.64. The second-order valence-corrected chi connectivity index (χ2v) is 5.69. The van der Waals surface area contributed by atoms with Gasteiger partial charge in [0.15, 0.2) is 0 Å². The molecule has 4 unspecified atom stereocenters. The van der Waals surface area contributed by atoms with Crippen LogP contribution >= 0.6 is 0 Å². The number of fused-ring (bicyclic) bond motifs is 1. The molecule has 17 heavy (non-hydrogen) atoms. The van der Waals surface area contributed by atoms with Gasteiger partial charge in [-0.1, -0.05) is 24.8 Å². The summed E-state index contributed by atoms with van der Waals surface area (Å²) >= 11 is 0. The van der Waals surface area contributed by atoms with Crippen molar-refractivity contribution in [3.8, 4) is 0 Å². The Bertz CT molecular complexity index is 464. The highest BCUT2D eigenvalue weighted by Crippen LogP contribution is 2.53. The highest BCUT2D eigenvalue weighted by atomic mass is 15.5. The van der Waals surface area contributed by atoms with Gasteiger partial charge in [0.2, 0.25) is 0 Å². The van der Waals surface area contributed by atoms with E-state index in [9.17, 15) is 0 Å². The summed E-state index contributed by atoms with van der Waals surface area (Å²) in [6.07, 6.45) is 2.44. The zero-order valence-corrected chi connectivity index (χ0v) is 11.0. The number of hydrogen-bond acceptors (Lipinski definition) is 1. The van der Waals surface area contributed by atoms with Crippen LogP contribution in [0.1, 0.15) is 36.5 Å². The van der Waals surface area contributed by atoms with Crippen molar-refractivity contribution in [3.05, 3.63) is 41.5 Å². The third kappa shape index (κ3) is 1.83. The van der Waals surface area contributed by atoms with E-state index in [0.29, 0.717) is 0 Å². The fourth-order valence-electron chi connectivity index (χ4n) is 2.99. The molecule has 1 aromatic rings. The average Bonchev–Trinajstić information content (AvgIpc) is 3.19. The van der Waals surface area contributed by atoms with Crippen molar-refractivity contribution in [2.75, 3.05) is 0 Å². The lowest BCUT2D eigenvalue weighted by Crippen LogP contribution is -2.13. The first kappa shape index (κ1) is 11.0. The van der Waals surface area contributed by atoms with E-state index in [0.717, 1.165) is 24.5 Å². The maximum atomic E-state index is 4.24. The van der Waals surface area contributed by atoms with E-state index in [1.807, 2.05) is 0 Å². The Morgan fingerprint density at radius 2 is 2.00 bits per heavy atom. The summed E-state index contributed by atoms with van der Waals surface area (Å²) in [6, 6.07) is 9.39. The molecular weight excluding hydrogens is 206 g/mol. The molecule has 0 amide bonds. The third-order valence-electron chi connectivity index (χ3n) is 4.56. The summed E-state index contributed by atoms with van der Waals surface area (Å²) in [4.78, 5) is 2.59. The molecule has 1 heteroatoms. The van der Waals surface area contributed by atoms with E-state index in [1.54, 1.807) is 0 Å². The first-order valence-electron chi connectivity index (χ1n) is 6.62. The van der Waals surface area contributed by atoms with Crippen molar-refractivity contribution in [2.45, 2.75) is 51.7 Å². The molecule has 2 aliphatic heterocycles. The van der Waals surface area contributed by atoms with E-state index >= 15 is 0 Å². The van der Waals surface area contributed by atoms with E-state index in [-0.39, 0.29) is 0 Å². The second kappa shape index (κ2) is 3.71. The van der Waals surface area contributed by atoms with Crippen LogP contribution in [0.5, 0.6) is 0 Å². The molecule has 0 saturated carbocycles. The fourth-order valence-corrected chi connectivity index (χ4v) is 2.99. The summed E-state index contributed by atoms with van der Waals surface area (Å²) in [5.41, 5.74) is 5.36. The first-order chi connectivity index (χ1) is 8.09. The van der Waals surface area contributed by atoms with Crippen LogP contribution in [0.2, 0.25) is 0 Å². The van der Waals surface area contributed by atoms with Gasteiger partial charge in [0.05, 0.1) is 0 Å². The van der Waals surface area contributed by atoms with E-state index in [2.05, 4.69) is 50.4 Å². The first-order valence-corrected chi connectivity index (χ1v) is 6.62. The minimum atomic E-state index is 0.883. The van der Waals surface area contributed by atoms with E-state index < -0.39 is 0 Å². The molecule has 2 aliphatic rings. The minimum Gasteiger partial charge on any atom is -0.288 e. The Kier molecular flexibility index (Phi) is 2.41. The van der Waals surface area contributed by atoms with Gasteiger partial charge in [0.25, 0.3) is 0 Å². The maximum Gasteiger partial charge on any atom is 0.0412 e. The Labute approximate surface area is 104 Å². The molecule has 1 nitrogen and oxygen atoms in total. The Balaban J connectivity index is 1.56. The molecular formula is C16H21N. The fraction of sp³-hybridized carbons (Fsp3) is 0.500. The van der Waals surface area contributed by atoms with Crippen LogP contribution in [0.4, 0.5) is 0 Å². The van der Waals surface area contributed by atoms with Crippen LogP contribution in [0, 0.1) is 13.8 Å². The molecule has 0 aromatic heterocycles. The number of allylic oxidation sites excluding steroid dienone is 1. The van der Waals surface area contributed by atoms with Crippen LogP contribution < -0.4 is 0 Å². The zero-order chi connectivity index (χ0) is 12.2.